The summed E-state index contributed by atoms with van der Waals surface area (Å²) in [5.41, 5.74) is 0. The number of hydrogen-bond acceptors (Lipinski definition) is 3. The second kappa shape index (κ2) is 8.88. The van der Waals surface area contributed by atoms with Crippen molar-refractivity contribution in [2.24, 2.45) is 5.92 Å². The Hall–Kier alpha value is -0.220. The summed E-state index contributed by atoms with van der Waals surface area (Å²) in [7, 11) is 0. The molecular weight excluding hydrogens is 220 g/mol. The fraction of sp³-hybridized carbons (Fsp3) is 0.917. The van der Waals surface area contributed by atoms with E-state index in [4.69, 9.17) is 0 Å². The molecule has 0 aliphatic heterocycles. The van der Waals surface area contributed by atoms with Gasteiger partial charge in [0.25, 0.3) is 0 Å². The molecule has 1 N–H and O–H groups in total. The molecule has 1 amide bonds. The molecule has 0 aliphatic carbocycles. The maximum atomic E-state index is 11.6. The predicted molar refractivity (Wildman–Crippen MR) is 73.0 cm³/mol. The molecule has 0 aromatic heterocycles. The van der Waals surface area contributed by atoms with Gasteiger partial charge in [-0.2, -0.15) is 12.6 Å². The fourth-order valence-corrected chi connectivity index (χ4v) is 1.55. The first kappa shape index (κ1) is 15.8. The summed E-state index contributed by atoms with van der Waals surface area (Å²) in [5.74, 6) is 0.337. The summed E-state index contributed by atoms with van der Waals surface area (Å²) in [6.45, 7) is 12.3. The molecule has 3 nitrogen and oxygen atoms in total. The largest absolute Gasteiger partial charge is 0.355 e. The van der Waals surface area contributed by atoms with Gasteiger partial charge in [0.05, 0.1) is 5.25 Å². The van der Waals surface area contributed by atoms with Crippen molar-refractivity contribution in [3.63, 3.8) is 0 Å². The SMILES string of the molecule is CCN(CC)CCCNC(=O)C(S)C(C)C. The monoisotopic (exact) mass is 246 g/mol. The van der Waals surface area contributed by atoms with E-state index in [0.29, 0.717) is 0 Å². The highest BCUT2D eigenvalue weighted by Crippen LogP contribution is 2.08. The van der Waals surface area contributed by atoms with Gasteiger partial charge in [0.1, 0.15) is 0 Å². The van der Waals surface area contributed by atoms with E-state index in [0.717, 1.165) is 32.6 Å². The van der Waals surface area contributed by atoms with Gasteiger partial charge in [0, 0.05) is 6.54 Å². The molecule has 0 heterocycles. The Morgan fingerprint density at radius 1 is 1.31 bits per heavy atom. The molecular formula is C12H26N2OS. The second-order valence-electron chi connectivity index (χ2n) is 4.36. The Bertz CT molecular complexity index is 193. The Morgan fingerprint density at radius 3 is 2.31 bits per heavy atom. The van der Waals surface area contributed by atoms with E-state index >= 15 is 0 Å². The molecule has 0 aromatic carbocycles. The minimum absolute atomic E-state index is 0.0536. The molecule has 0 bridgehead atoms. The van der Waals surface area contributed by atoms with E-state index in [9.17, 15) is 4.79 Å². The molecule has 96 valence electrons. The van der Waals surface area contributed by atoms with Gasteiger partial charge in [0.15, 0.2) is 0 Å². The first-order chi connectivity index (χ1) is 7.52. The fourth-order valence-electron chi connectivity index (χ4n) is 1.46. The molecule has 1 atom stereocenters. The first-order valence-corrected chi connectivity index (χ1v) is 6.72. The smallest absolute Gasteiger partial charge is 0.233 e. The number of hydrogen-bond donors (Lipinski definition) is 2. The van der Waals surface area contributed by atoms with E-state index < -0.39 is 0 Å². The third-order valence-corrected chi connectivity index (χ3v) is 3.58. The van der Waals surface area contributed by atoms with Gasteiger partial charge < -0.3 is 10.2 Å². The van der Waals surface area contributed by atoms with E-state index in [-0.39, 0.29) is 17.1 Å². The molecule has 0 saturated carbocycles. The standard InChI is InChI=1S/C12H26N2OS/c1-5-14(6-2)9-7-8-13-12(15)11(16)10(3)4/h10-11,16H,5-9H2,1-4H3,(H,13,15). The zero-order valence-corrected chi connectivity index (χ0v) is 11.9. The van der Waals surface area contributed by atoms with Crippen LogP contribution in [0.2, 0.25) is 0 Å². The average molecular weight is 246 g/mol. The van der Waals surface area contributed by atoms with E-state index in [1.807, 2.05) is 13.8 Å². The highest BCUT2D eigenvalue weighted by Gasteiger charge is 2.16. The molecule has 4 heteroatoms. The summed E-state index contributed by atoms with van der Waals surface area (Å²) < 4.78 is 0. The van der Waals surface area contributed by atoms with Gasteiger partial charge in [-0.3, -0.25) is 4.79 Å². The Labute approximate surface area is 105 Å². The molecule has 1 unspecified atom stereocenters. The molecule has 0 aromatic rings. The van der Waals surface area contributed by atoms with Crippen molar-refractivity contribution < 1.29 is 4.79 Å². The van der Waals surface area contributed by atoms with E-state index in [1.54, 1.807) is 0 Å². The van der Waals surface area contributed by atoms with Gasteiger partial charge in [-0.15, -0.1) is 0 Å². The number of thiol groups is 1. The van der Waals surface area contributed by atoms with E-state index in [2.05, 4.69) is 36.7 Å². The van der Waals surface area contributed by atoms with Crippen molar-refractivity contribution in [2.45, 2.75) is 39.4 Å². The summed E-state index contributed by atoms with van der Waals surface area (Å²) >= 11 is 4.28. The number of amides is 1. The topological polar surface area (TPSA) is 32.3 Å². The lowest BCUT2D eigenvalue weighted by Gasteiger charge is -2.18. The van der Waals surface area contributed by atoms with Crippen LogP contribution in [0.15, 0.2) is 0 Å². The molecule has 0 fully saturated rings. The van der Waals surface area contributed by atoms with Gasteiger partial charge in [0.2, 0.25) is 5.91 Å². The van der Waals surface area contributed by atoms with Crippen LogP contribution < -0.4 is 5.32 Å². The lowest BCUT2D eigenvalue weighted by Crippen LogP contribution is -2.36. The normalized spacial score (nSPS) is 13.2. The van der Waals surface area contributed by atoms with Crippen molar-refractivity contribution in [3.05, 3.63) is 0 Å². The summed E-state index contributed by atoms with van der Waals surface area (Å²) in [5, 5.41) is 2.74. The van der Waals surface area contributed by atoms with Gasteiger partial charge in [-0.1, -0.05) is 27.7 Å². The minimum Gasteiger partial charge on any atom is -0.355 e. The van der Waals surface area contributed by atoms with Gasteiger partial charge in [-0.05, 0) is 32.0 Å². The van der Waals surface area contributed by atoms with E-state index in [1.165, 1.54) is 0 Å². The number of rotatable bonds is 8. The van der Waals surface area contributed by atoms with Crippen molar-refractivity contribution in [2.75, 3.05) is 26.2 Å². The Morgan fingerprint density at radius 2 is 1.88 bits per heavy atom. The molecule has 0 spiro atoms. The van der Waals surface area contributed by atoms with Crippen molar-refractivity contribution in [1.29, 1.82) is 0 Å². The third kappa shape index (κ3) is 6.38. The highest BCUT2D eigenvalue weighted by atomic mass is 32.1. The minimum atomic E-state index is -0.187. The second-order valence-corrected chi connectivity index (χ2v) is 4.92. The first-order valence-electron chi connectivity index (χ1n) is 6.21. The number of nitrogens with one attached hydrogen (secondary N) is 1. The third-order valence-electron chi connectivity index (χ3n) is 2.74. The number of carbonyl (C=O) groups excluding carboxylic acids is 1. The quantitative estimate of drug-likeness (QED) is 0.505. The maximum Gasteiger partial charge on any atom is 0.233 e. The maximum absolute atomic E-state index is 11.6. The molecule has 0 aliphatic rings. The van der Waals surface area contributed by atoms with Crippen LogP contribution in [0.3, 0.4) is 0 Å². The van der Waals surface area contributed by atoms with Crippen LogP contribution in [0.25, 0.3) is 0 Å². The lowest BCUT2D eigenvalue weighted by molar-refractivity contribution is -0.121. The summed E-state index contributed by atoms with van der Waals surface area (Å²) in [6.07, 6.45) is 1.01. The van der Waals surface area contributed by atoms with Crippen molar-refractivity contribution >= 4 is 18.5 Å². The summed E-state index contributed by atoms with van der Waals surface area (Å²) in [4.78, 5) is 13.9. The molecule has 0 radical (unpaired) electrons. The number of carbonyl (C=O) groups is 1. The van der Waals surface area contributed by atoms with Crippen LogP contribution in [-0.2, 0) is 4.79 Å². The van der Waals surface area contributed by atoms with Crippen LogP contribution in [0.5, 0.6) is 0 Å². The Balaban J connectivity index is 3.62. The van der Waals surface area contributed by atoms with Crippen LogP contribution >= 0.6 is 12.6 Å². The van der Waals surface area contributed by atoms with Crippen LogP contribution in [0, 0.1) is 5.92 Å². The highest BCUT2D eigenvalue weighted by molar-refractivity contribution is 7.81. The van der Waals surface area contributed by atoms with Crippen molar-refractivity contribution in [3.8, 4) is 0 Å². The molecule has 16 heavy (non-hydrogen) atoms. The molecule has 0 saturated heterocycles. The Kier molecular flexibility index (Phi) is 8.76. The summed E-state index contributed by atoms with van der Waals surface area (Å²) in [6, 6.07) is 0. The number of nitrogens with zero attached hydrogens (tertiary/aromatic N) is 1. The average Bonchev–Trinajstić information content (AvgIpc) is 2.27. The van der Waals surface area contributed by atoms with Crippen LogP contribution in [0.1, 0.15) is 34.1 Å². The van der Waals surface area contributed by atoms with Crippen LogP contribution in [0.4, 0.5) is 0 Å². The van der Waals surface area contributed by atoms with Gasteiger partial charge >= 0.3 is 0 Å². The molecule has 0 rings (SSSR count). The zero-order chi connectivity index (χ0) is 12.6. The lowest BCUT2D eigenvalue weighted by atomic mass is 10.1. The zero-order valence-electron chi connectivity index (χ0n) is 11.0. The van der Waals surface area contributed by atoms with Crippen molar-refractivity contribution in [1.82, 2.24) is 10.2 Å². The van der Waals surface area contributed by atoms with Crippen LogP contribution in [-0.4, -0.2) is 42.2 Å². The predicted octanol–water partition coefficient (Wildman–Crippen LogP) is 1.79. The van der Waals surface area contributed by atoms with Gasteiger partial charge in [-0.25, -0.2) is 0 Å².